The van der Waals surface area contributed by atoms with Gasteiger partial charge >= 0.3 is 0 Å². The van der Waals surface area contributed by atoms with Crippen molar-refractivity contribution in [2.45, 2.75) is 44.3 Å². The zero-order valence-corrected chi connectivity index (χ0v) is 10.4. The van der Waals surface area contributed by atoms with Crippen LogP contribution in [-0.4, -0.2) is 40.7 Å². The first kappa shape index (κ1) is 11.2. The first-order valence-corrected chi connectivity index (χ1v) is 7.62. The summed E-state index contributed by atoms with van der Waals surface area (Å²) in [6, 6.07) is 3.52. The second kappa shape index (κ2) is 5.78. The van der Waals surface area contributed by atoms with Crippen molar-refractivity contribution in [1.29, 1.82) is 0 Å². The van der Waals surface area contributed by atoms with Gasteiger partial charge in [0, 0.05) is 12.6 Å². The molecule has 0 bridgehead atoms. The Morgan fingerprint density at radius 2 is 2.15 bits per heavy atom. The van der Waals surface area contributed by atoms with Crippen LogP contribution in [-0.2, 0) is 4.43 Å². The highest BCUT2D eigenvalue weighted by molar-refractivity contribution is 6.52. The zero-order chi connectivity index (χ0) is 9.68. The smallest absolute Gasteiger partial charge is 0.178 e. The average Bonchev–Trinajstić information content (AvgIpc) is 2.15. The topological polar surface area (TPSA) is 12.5 Å². The summed E-state index contributed by atoms with van der Waals surface area (Å²) < 4.78 is 5.87. The minimum absolute atomic E-state index is 0.759. The molecule has 0 aliphatic carbocycles. The first-order valence-electron chi connectivity index (χ1n) is 5.52. The van der Waals surface area contributed by atoms with Gasteiger partial charge in [-0.1, -0.05) is 13.3 Å². The third kappa shape index (κ3) is 3.79. The highest BCUT2D eigenvalue weighted by Crippen LogP contribution is 2.18. The number of rotatable bonds is 4. The van der Waals surface area contributed by atoms with Gasteiger partial charge < -0.3 is 9.33 Å². The fourth-order valence-electron chi connectivity index (χ4n) is 2.04. The molecule has 1 aliphatic heterocycles. The van der Waals surface area contributed by atoms with Gasteiger partial charge in [0.1, 0.15) is 0 Å². The molecule has 2 nitrogen and oxygen atoms in total. The van der Waals surface area contributed by atoms with E-state index in [1.54, 1.807) is 0 Å². The summed E-state index contributed by atoms with van der Waals surface area (Å²) in [7, 11) is 3.57. The van der Waals surface area contributed by atoms with Gasteiger partial charge in [-0.15, -0.1) is 0 Å². The van der Waals surface area contributed by atoms with Crippen LogP contribution >= 0.6 is 0 Å². The summed E-state index contributed by atoms with van der Waals surface area (Å²) in [6.07, 6.45) is 3.98. The van der Waals surface area contributed by atoms with Crippen LogP contribution in [0.4, 0.5) is 0 Å². The molecule has 1 fully saturated rings. The summed E-state index contributed by atoms with van der Waals surface area (Å²) in [6.45, 7) is 3.32. The van der Waals surface area contributed by atoms with Crippen LogP contribution in [0.5, 0.6) is 0 Å². The highest BCUT2D eigenvalue weighted by atomic mass is 28.3. The quantitative estimate of drug-likeness (QED) is 0.644. The Morgan fingerprint density at radius 1 is 1.38 bits per heavy atom. The maximum absolute atomic E-state index is 5.87. The fraction of sp³-hybridized carbons (Fsp3) is 1.00. The maximum Gasteiger partial charge on any atom is 0.178 e. The Bertz CT molecular complexity index is 135. The van der Waals surface area contributed by atoms with Gasteiger partial charge in [0.05, 0.1) is 0 Å². The number of hydrogen-bond donors (Lipinski definition) is 0. The summed E-state index contributed by atoms with van der Waals surface area (Å²) in [5, 5.41) is 0. The van der Waals surface area contributed by atoms with Crippen LogP contribution in [0.25, 0.3) is 0 Å². The van der Waals surface area contributed by atoms with Crippen molar-refractivity contribution in [1.82, 2.24) is 4.90 Å². The van der Waals surface area contributed by atoms with Crippen LogP contribution in [0.3, 0.4) is 0 Å². The summed E-state index contributed by atoms with van der Waals surface area (Å²) in [5.74, 6) is 0. The second-order valence-corrected chi connectivity index (χ2v) is 6.88. The molecular weight excluding hydrogens is 178 g/mol. The molecule has 1 rings (SSSR count). The van der Waals surface area contributed by atoms with E-state index in [1.165, 1.54) is 31.4 Å². The van der Waals surface area contributed by atoms with Gasteiger partial charge in [0.25, 0.3) is 0 Å². The van der Waals surface area contributed by atoms with Crippen LogP contribution in [0.2, 0.25) is 12.1 Å². The lowest BCUT2D eigenvalue weighted by Gasteiger charge is -2.28. The van der Waals surface area contributed by atoms with E-state index in [2.05, 4.69) is 25.9 Å². The Labute approximate surface area is 84.0 Å². The van der Waals surface area contributed by atoms with Crippen LogP contribution in [0.15, 0.2) is 0 Å². The zero-order valence-electron chi connectivity index (χ0n) is 9.25. The molecule has 1 aliphatic rings. The second-order valence-electron chi connectivity index (χ2n) is 4.25. The van der Waals surface area contributed by atoms with E-state index >= 15 is 0 Å². The van der Waals surface area contributed by atoms with Crippen molar-refractivity contribution in [3.63, 3.8) is 0 Å². The van der Waals surface area contributed by atoms with E-state index in [1.807, 2.05) is 0 Å². The lowest BCUT2D eigenvalue weighted by Crippen LogP contribution is -2.35. The predicted octanol–water partition coefficient (Wildman–Crippen LogP) is 1.86. The fourth-order valence-corrected chi connectivity index (χ4v) is 5.18. The molecule has 2 atom stereocenters. The van der Waals surface area contributed by atoms with Gasteiger partial charge in [0.2, 0.25) is 0 Å². The molecule has 78 valence electrons. The molecule has 3 heteroatoms. The van der Waals surface area contributed by atoms with E-state index < -0.39 is 9.04 Å². The Hall–Kier alpha value is 0.137. The van der Waals surface area contributed by atoms with E-state index in [0.29, 0.717) is 0 Å². The van der Waals surface area contributed by atoms with Crippen LogP contribution in [0, 0.1) is 0 Å². The molecule has 0 amide bonds. The van der Waals surface area contributed by atoms with Crippen LogP contribution < -0.4 is 0 Å². The minimum Gasteiger partial charge on any atom is -0.420 e. The molecule has 1 saturated heterocycles. The Morgan fingerprint density at radius 3 is 2.62 bits per heavy atom. The van der Waals surface area contributed by atoms with E-state index in [0.717, 1.165) is 12.6 Å². The van der Waals surface area contributed by atoms with Gasteiger partial charge in [-0.2, -0.15) is 0 Å². The summed E-state index contributed by atoms with van der Waals surface area (Å²) >= 11 is 0. The molecule has 13 heavy (non-hydrogen) atoms. The normalized spacial score (nSPS) is 26.3. The maximum atomic E-state index is 5.87. The van der Waals surface area contributed by atoms with Gasteiger partial charge in [-0.25, -0.2) is 0 Å². The molecule has 1 heterocycles. The minimum atomic E-state index is -0.799. The third-order valence-corrected chi connectivity index (χ3v) is 5.84. The molecule has 2 unspecified atom stereocenters. The monoisotopic (exact) mass is 201 g/mol. The lowest BCUT2D eigenvalue weighted by atomic mass is 10.2. The van der Waals surface area contributed by atoms with E-state index in [-0.39, 0.29) is 0 Å². The van der Waals surface area contributed by atoms with Crippen molar-refractivity contribution in [3.05, 3.63) is 0 Å². The lowest BCUT2D eigenvalue weighted by molar-refractivity contribution is 0.259. The molecule has 0 aromatic rings. The van der Waals surface area contributed by atoms with Gasteiger partial charge in [-0.05, 0) is 39.0 Å². The molecular formula is C10H23NOSi. The van der Waals surface area contributed by atoms with Gasteiger partial charge in [0.15, 0.2) is 9.04 Å². The molecule has 0 aromatic carbocycles. The molecule has 0 saturated carbocycles. The predicted molar refractivity (Wildman–Crippen MR) is 59.7 cm³/mol. The SMILES string of the molecule is CCC(C[SiH]1CCCCO1)N(C)C. The number of nitrogens with zero attached hydrogens (tertiary/aromatic N) is 1. The van der Waals surface area contributed by atoms with E-state index in [9.17, 15) is 0 Å². The largest absolute Gasteiger partial charge is 0.420 e. The summed E-state index contributed by atoms with van der Waals surface area (Å²) in [5.41, 5.74) is 0. The number of hydrogen-bond acceptors (Lipinski definition) is 2. The van der Waals surface area contributed by atoms with Crippen molar-refractivity contribution in [2.24, 2.45) is 0 Å². The van der Waals surface area contributed by atoms with Crippen molar-refractivity contribution in [3.8, 4) is 0 Å². The average molecular weight is 201 g/mol. The van der Waals surface area contributed by atoms with Crippen molar-refractivity contribution < 1.29 is 4.43 Å². The molecule has 0 aromatic heterocycles. The van der Waals surface area contributed by atoms with Crippen LogP contribution in [0.1, 0.15) is 26.2 Å². The standard InChI is InChI=1S/C10H23NOSi/c1-4-10(11(2)3)9-13-8-6-5-7-12-13/h10,13H,4-9H2,1-3H3. The first-order chi connectivity index (χ1) is 6.24. The molecule has 0 N–H and O–H groups in total. The van der Waals surface area contributed by atoms with Crippen molar-refractivity contribution in [2.75, 3.05) is 20.7 Å². The van der Waals surface area contributed by atoms with Gasteiger partial charge in [-0.3, -0.25) is 0 Å². The van der Waals surface area contributed by atoms with E-state index in [4.69, 9.17) is 4.43 Å². The molecule has 0 spiro atoms. The third-order valence-electron chi connectivity index (χ3n) is 3.01. The summed E-state index contributed by atoms with van der Waals surface area (Å²) in [4.78, 5) is 2.35. The highest BCUT2D eigenvalue weighted by Gasteiger charge is 2.21. The Balaban J connectivity index is 2.27. The van der Waals surface area contributed by atoms with Crippen molar-refractivity contribution >= 4 is 9.04 Å². The molecule has 0 radical (unpaired) electrons. The Kier molecular flexibility index (Phi) is 4.99.